The van der Waals surface area contributed by atoms with Crippen LogP contribution in [0.2, 0.25) is 5.02 Å². The topological polar surface area (TPSA) is 17.3 Å². The molecule has 0 spiro atoms. The predicted octanol–water partition coefficient (Wildman–Crippen LogP) is 5.44. The summed E-state index contributed by atoms with van der Waals surface area (Å²) in [4.78, 5) is 4.27. The fourth-order valence-corrected chi connectivity index (χ4v) is 3.70. The molecule has 2 nitrogen and oxygen atoms in total. The minimum atomic E-state index is -1.17. The average molecular weight is 384 g/mol. The van der Waals surface area contributed by atoms with Crippen LogP contribution in [0.25, 0.3) is 5.65 Å². The first-order valence-corrected chi connectivity index (χ1v) is 7.98. The van der Waals surface area contributed by atoms with Crippen molar-refractivity contribution in [2.24, 2.45) is 0 Å². The number of nitrogens with zero attached hydrogens (tertiary/aromatic N) is 2. The number of benzene rings is 1. The van der Waals surface area contributed by atoms with Gasteiger partial charge in [0.1, 0.15) is 17.6 Å². The van der Waals surface area contributed by atoms with Crippen LogP contribution in [0.15, 0.2) is 41.0 Å². The summed E-state index contributed by atoms with van der Waals surface area (Å²) in [7, 11) is 0. The second-order valence-corrected chi connectivity index (χ2v) is 6.62. The Balaban J connectivity index is 1.98. The zero-order valence-corrected chi connectivity index (χ0v) is 13.6. The molecule has 0 aliphatic heterocycles. The molecule has 3 aromatic rings. The molecule has 1 aliphatic rings. The van der Waals surface area contributed by atoms with Crippen molar-refractivity contribution in [3.63, 3.8) is 0 Å². The SMILES string of the molecule is Fc1cc2nc3c(n2cc1Br)C(c1ccccc1Cl)C[C@H]3F. The van der Waals surface area contributed by atoms with Gasteiger partial charge in [-0.2, -0.15) is 0 Å². The monoisotopic (exact) mass is 382 g/mol. The highest BCUT2D eigenvalue weighted by Gasteiger charge is 2.37. The molecule has 0 amide bonds. The second-order valence-electron chi connectivity index (χ2n) is 5.36. The molecule has 0 saturated heterocycles. The summed E-state index contributed by atoms with van der Waals surface area (Å²) in [5.74, 6) is -0.605. The molecule has 2 heterocycles. The number of alkyl halides is 1. The minimum absolute atomic E-state index is 0.189. The van der Waals surface area contributed by atoms with E-state index in [9.17, 15) is 8.78 Å². The van der Waals surface area contributed by atoms with Gasteiger partial charge in [0.15, 0.2) is 0 Å². The summed E-state index contributed by atoms with van der Waals surface area (Å²) in [6.07, 6.45) is 0.732. The number of halogens is 4. The van der Waals surface area contributed by atoms with Crippen LogP contribution >= 0.6 is 27.5 Å². The predicted molar refractivity (Wildman–Crippen MR) is 84.6 cm³/mol. The summed E-state index contributed by atoms with van der Waals surface area (Å²) in [5, 5.41) is 0.601. The van der Waals surface area contributed by atoms with Gasteiger partial charge in [-0.05, 0) is 34.0 Å². The van der Waals surface area contributed by atoms with Crippen molar-refractivity contribution < 1.29 is 8.78 Å². The Morgan fingerprint density at radius 3 is 2.86 bits per heavy atom. The molecule has 0 saturated carbocycles. The molecule has 0 N–H and O–H groups in total. The van der Waals surface area contributed by atoms with Gasteiger partial charge >= 0.3 is 0 Å². The van der Waals surface area contributed by atoms with E-state index in [1.807, 2.05) is 18.2 Å². The van der Waals surface area contributed by atoms with Crippen molar-refractivity contribution in [3.05, 3.63) is 68.8 Å². The van der Waals surface area contributed by atoms with Gasteiger partial charge in [-0.25, -0.2) is 13.8 Å². The Kier molecular flexibility index (Phi) is 3.24. The number of imidazole rings is 1. The van der Waals surface area contributed by atoms with E-state index in [4.69, 9.17) is 11.6 Å². The lowest BCUT2D eigenvalue weighted by atomic mass is 9.96. The van der Waals surface area contributed by atoms with E-state index >= 15 is 0 Å². The normalized spacial score (nSPS) is 20.5. The Labute approximate surface area is 138 Å². The first-order valence-electron chi connectivity index (χ1n) is 6.81. The molecular weight excluding hydrogens is 374 g/mol. The number of pyridine rings is 1. The molecule has 0 fully saturated rings. The highest BCUT2D eigenvalue weighted by molar-refractivity contribution is 9.10. The molecule has 0 bridgehead atoms. The Morgan fingerprint density at radius 2 is 2.09 bits per heavy atom. The minimum Gasteiger partial charge on any atom is -0.302 e. The molecule has 2 atom stereocenters. The zero-order chi connectivity index (χ0) is 15.4. The lowest BCUT2D eigenvalue weighted by molar-refractivity contribution is 0.330. The van der Waals surface area contributed by atoms with Gasteiger partial charge in [0.25, 0.3) is 0 Å². The third-order valence-electron chi connectivity index (χ3n) is 4.08. The average Bonchev–Trinajstić information content (AvgIpc) is 2.99. The van der Waals surface area contributed by atoms with E-state index in [2.05, 4.69) is 20.9 Å². The van der Waals surface area contributed by atoms with Crippen molar-refractivity contribution >= 4 is 33.2 Å². The highest BCUT2D eigenvalue weighted by Crippen LogP contribution is 2.47. The molecule has 0 radical (unpaired) electrons. The third kappa shape index (κ3) is 1.99. The van der Waals surface area contributed by atoms with Gasteiger partial charge in [0.2, 0.25) is 0 Å². The molecule has 4 rings (SSSR count). The first-order chi connectivity index (χ1) is 10.6. The zero-order valence-electron chi connectivity index (χ0n) is 11.2. The molecule has 112 valence electrons. The lowest BCUT2D eigenvalue weighted by Gasteiger charge is -2.14. The quantitative estimate of drug-likeness (QED) is 0.547. The van der Waals surface area contributed by atoms with Gasteiger partial charge in [0, 0.05) is 23.2 Å². The molecule has 2 aromatic heterocycles. The second kappa shape index (κ2) is 5.03. The van der Waals surface area contributed by atoms with Crippen LogP contribution in [0.5, 0.6) is 0 Å². The van der Waals surface area contributed by atoms with Crippen LogP contribution in [0.1, 0.15) is 35.5 Å². The lowest BCUT2D eigenvalue weighted by Crippen LogP contribution is -2.02. The Morgan fingerprint density at radius 1 is 1.32 bits per heavy atom. The Bertz CT molecular complexity index is 893. The van der Waals surface area contributed by atoms with E-state index in [1.165, 1.54) is 6.07 Å². The number of fused-ring (bicyclic) bond motifs is 3. The maximum Gasteiger partial charge on any atom is 0.145 e. The fourth-order valence-electron chi connectivity index (χ4n) is 3.12. The van der Waals surface area contributed by atoms with Gasteiger partial charge in [-0.1, -0.05) is 29.8 Å². The van der Waals surface area contributed by atoms with E-state index in [-0.39, 0.29) is 5.92 Å². The Hall–Kier alpha value is -1.46. The summed E-state index contributed by atoms with van der Waals surface area (Å²) in [5.41, 5.74) is 2.40. The number of hydrogen-bond donors (Lipinski definition) is 0. The van der Waals surface area contributed by atoms with Crippen molar-refractivity contribution in [2.45, 2.75) is 18.5 Å². The van der Waals surface area contributed by atoms with Crippen molar-refractivity contribution in [2.75, 3.05) is 0 Å². The van der Waals surface area contributed by atoms with Crippen LogP contribution in [0.3, 0.4) is 0 Å². The molecule has 1 aliphatic carbocycles. The number of hydrogen-bond acceptors (Lipinski definition) is 1. The van der Waals surface area contributed by atoms with Crippen LogP contribution < -0.4 is 0 Å². The molecule has 1 unspecified atom stereocenters. The van der Waals surface area contributed by atoms with Crippen molar-refractivity contribution in [3.8, 4) is 0 Å². The van der Waals surface area contributed by atoms with E-state index < -0.39 is 12.0 Å². The number of rotatable bonds is 1. The van der Waals surface area contributed by atoms with Gasteiger partial charge < -0.3 is 4.40 Å². The highest BCUT2D eigenvalue weighted by atomic mass is 79.9. The third-order valence-corrected chi connectivity index (χ3v) is 5.01. The van der Waals surface area contributed by atoms with E-state index in [0.717, 1.165) is 11.3 Å². The van der Waals surface area contributed by atoms with Crippen LogP contribution in [-0.2, 0) is 0 Å². The summed E-state index contributed by atoms with van der Waals surface area (Å²) in [6.45, 7) is 0. The molecular formula is C16H10BrClF2N2. The van der Waals surface area contributed by atoms with Gasteiger partial charge in [-0.15, -0.1) is 0 Å². The van der Waals surface area contributed by atoms with Gasteiger partial charge in [0.05, 0.1) is 15.9 Å². The van der Waals surface area contributed by atoms with Crippen LogP contribution in [-0.4, -0.2) is 9.38 Å². The van der Waals surface area contributed by atoms with Crippen LogP contribution in [0, 0.1) is 5.82 Å². The first kappa shape index (κ1) is 14.2. The smallest absolute Gasteiger partial charge is 0.145 e. The van der Waals surface area contributed by atoms with E-state index in [1.54, 1.807) is 16.7 Å². The summed E-state index contributed by atoms with van der Waals surface area (Å²) in [6, 6.07) is 8.72. The summed E-state index contributed by atoms with van der Waals surface area (Å²) >= 11 is 9.44. The molecule has 1 aromatic carbocycles. The summed E-state index contributed by atoms with van der Waals surface area (Å²) < 4.78 is 30.1. The standard InChI is InChI=1S/C16H10BrClF2N2/c17-10-7-22-14(6-12(10)19)21-15-13(20)5-9(16(15)22)8-3-1-2-4-11(8)18/h1-4,6-7,9,13H,5H2/t9?,13-/m1/s1. The van der Waals surface area contributed by atoms with Crippen molar-refractivity contribution in [1.82, 2.24) is 9.38 Å². The largest absolute Gasteiger partial charge is 0.302 e. The maximum atomic E-state index is 14.4. The fraction of sp³-hybridized carbons (Fsp3) is 0.188. The van der Waals surface area contributed by atoms with Crippen molar-refractivity contribution in [1.29, 1.82) is 0 Å². The van der Waals surface area contributed by atoms with Gasteiger partial charge in [-0.3, -0.25) is 0 Å². The van der Waals surface area contributed by atoms with Crippen LogP contribution in [0.4, 0.5) is 8.78 Å². The van der Waals surface area contributed by atoms with E-state index in [0.29, 0.717) is 27.3 Å². The maximum absolute atomic E-state index is 14.4. The number of aromatic nitrogens is 2. The molecule has 6 heteroatoms. The molecule has 22 heavy (non-hydrogen) atoms.